The molecule has 5 nitrogen and oxygen atoms in total. The second kappa shape index (κ2) is 6.79. The Bertz CT molecular complexity index is 577. The Morgan fingerprint density at radius 1 is 1.25 bits per heavy atom. The highest BCUT2D eigenvalue weighted by Crippen LogP contribution is 2.24. The van der Waals surface area contributed by atoms with Gasteiger partial charge in [0.1, 0.15) is 11.4 Å². The van der Waals surface area contributed by atoms with Crippen molar-refractivity contribution in [2.75, 3.05) is 18.5 Å². The largest absolute Gasteiger partial charge is 0.492 e. The molecule has 0 atom stereocenters. The van der Waals surface area contributed by atoms with Crippen molar-refractivity contribution in [1.82, 2.24) is 15.0 Å². The predicted molar refractivity (Wildman–Crippen MR) is 75.2 cm³/mol. The standard InChI is InChI=1S/C14H17FN4O/c1-3-5-17-14-18-9-12(15)13(19-14)10-6-11(20-4-2)8-16-7-10/h6-9H,3-5H2,1-2H3,(H,17,18,19). The summed E-state index contributed by atoms with van der Waals surface area (Å²) >= 11 is 0. The topological polar surface area (TPSA) is 59.9 Å². The summed E-state index contributed by atoms with van der Waals surface area (Å²) in [6.07, 6.45) is 5.24. The molecule has 0 aliphatic carbocycles. The number of hydrogen-bond acceptors (Lipinski definition) is 5. The Hall–Kier alpha value is -2.24. The molecule has 0 amide bonds. The Balaban J connectivity index is 2.32. The van der Waals surface area contributed by atoms with Crippen LogP contribution >= 0.6 is 0 Å². The Morgan fingerprint density at radius 3 is 2.85 bits per heavy atom. The molecule has 0 spiro atoms. The molecule has 0 fully saturated rings. The molecule has 0 saturated heterocycles. The highest BCUT2D eigenvalue weighted by molar-refractivity contribution is 5.61. The van der Waals surface area contributed by atoms with E-state index in [0.717, 1.165) is 19.2 Å². The number of hydrogen-bond donors (Lipinski definition) is 1. The first-order valence-corrected chi connectivity index (χ1v) is 6.59. The zero-order valence-corrected chi connectivity index (χ0v) is 11.6. The molecule has 0 aromatic carbocycles. The van der Waals surface area contributed by atoms with Gasteiger partial charge in [-0.1, -0.05) is 6.92 Å². The van der Waals surface area contributed by atoms with E-state index in [4.69, 9.17) is 4.74 Å². The lowest BCUT2D eigenvalue weighted by Crippen LogP contribution is -2.06. The number of halogens is 1. The van der Waals surface area contributed by atoms with Crippen molar-refractivity contribution < 1.29 is 9.13 Å². The maximum absolute atomic E-state index is 13.9. The SMILES string of the molecule is CCCNc1ncc(F)c(-c2cncc(OCC)c2)n1. The van der Waals surface area contributed by atoms with Crippen LogP contribution in [0.25, 0.3) is 11.3 Å². The minimum atomic E-state index is -0.484. The summed E-state index contributed by atoms with van der Waals surface area (Å²) < 4.78 is 19.2. The summed E-state index contributed by atoms with van der Waals surface area (Å²) in [6, 6.07) is 1.71. The van der Waals surface area contributed by atoms with Gasteiger partial charge in [0.05, 0.1) is 19.0 Å². The molecule has 0 bridgehead atoms. The Morgan fingerprint density at radius 2 is 2.10 bits per heavy atom. The fourth-order valence-electron chi connectivity index (χ4n) is 1.69. The highest BCUT2D eigenvalue weighted by atomic mass is 19.1. The van der Waals surface area contributed by atoms with Gasteiger partial charge in [0.15, 0.2) is 5.82 Å². The average Bonchev–Trinajstić information content (AvgIpc) is 2.47. The number of aromatic nitrogens is 3. The van der Waals surface area contributed by atoms with Gasteiger partial charge in [-0.2, -0.15) is 0 Å². The molecule has 106 valence electrons. The van der Waals surface area contributed by atoms with Crippen LogP contribution in [0.5, 0.6) is 5.75 Å². The van der Waals surface area contributed by atoms with E-state index in [0.29, 0.717) is 23.9 Å². The molecule has 1 N–H and O–H groups in total. The first kappa shape index (κ1) is 14.2. The molecule has 0 aliphatic rings. The molecule has 2 heterocycles. The van der Waals surface area contributed by atoms with Crippen molar-refractivity contribution in [2.45, 2.75) is 20.3 Å². The number of pyridine rings is 1. The fourth-order valence-corrected chi connectivity index (χ4v) is 1.69. The summed E-state index contributed by atoms with van der Waals surface area (Å²) in [7, 11) is 0. The van der Waals surface area contributed by atoms with Crippen molar-refractivity contribution >= 4 is 5.95 Å². The first-order valence-electron chi connectivity index (χ1n) is 6.59. The third kappa shape index (κ3) is 3.40. The second-order valence-corrected chi connectivity index (χ2v) is 4.16. The van der Waals surface area contributed by atoms with Crippen LogP contribution in [0.15, 0.2) is 24.7 Å². The zero-order valence-electron chi connectivity index (χ0n) is 11.6. The van der Waals surface area contributed by atoms with Crippen molar-refractivity contribution in [3.05, 3.63) is 30.5 Å². The summed E-state index contributed by atoms with van der Waals surface area (Å²) in [5, 5.41) is 3.03. The van der Waals surface area contributed by atoms with Crippen LogP contribution in [0.1, 0.15) is 20.3 Å². The second-order valence-electron chi connectivity index (χ2n) is 4.16. The van der Waals surface area contributed by atoms with Gasteiger partial charge in [0.2, 0.25) is 5.95 Å². The van der Waals surface area contributed by atoms with Gasteiger partial charge in [0.25, 0.3) is 0 Å². The van der Waals surface area contributed by atoms with Crippen molar-refractivity contribution in [3.8, 4) is 17.0 Å². The van der Waals surface area contributed by atoms with E-state index in [1.54, 1.807) is 18.5 Å². The summed E-state index contributed by atoms with van der Waals surface area (Å²) in [5.74, 6) is 0.513. The molecule has 6 heteroatoms. The molecule has 0 aliphatic heterocycles. The molecule has 2 aromatic heterocycles. The van der Waals surface area contributed by atoms with E-state index in [9.17, 15) is 4.39 Å². The maximum atomic E-state index is 13.9. The molecule has 0 saturated carbocycles. The van der Waals surface area contributed by atoms with Gasteiger partial charge in [-0.05, 0) is 19.4 Å². The lowest BCUT2D eigenvalue weighted by molar-refractivity contribution is 0.339. The molecule has 0 unspecified atom stereocenters. The van der Waals surface area contributed by atoms with Gasteiger partial charge in [-0.25, -0.2) is 14.4 Å². The zero-order chi connectivity index (χ0) is 14.4. The van der Waals surface area contributed by atoms with Gasteiger partial charge < -0.3 is 10.1 Å². The molecule has 2 rings (SSSR count). The monoisotopic (exact) mass is 276 g/mol. The van der Waals surface area contributed by atoms with E-state index in [-0.39, 0.29) is 5.69 Å². The van der Waals surface area contributed by atoms with Crippen LogP contribution in [0.3, 0.4) is 0 Å². The Kier molecular flexibility index (Phi) is 4.81. The lowest BCUT2D eigenvalue weighted by Gasteiger charge is -2.08. The number of anilines is 1. The van der Waals surface area contributed by atoms with Gasteiger partial charge in [-0.15, -0.1) is 0 Å². The molecular weight excluding hydrogens is 259 g/mol. The van der Waals surface area contributed by atoms with Crippen LogP contribution in [0.4, 0.5) is 10.3 Å². The molecule has 0 radical (unpaired) electrons. The first-order chi connectivity index (χ1) is 9.74. The van der Waals surface area contributed by atoms with Crippen LogP contribution < -0.4 is 10.1 Å². The normalized spacial score (nSPS) is 10.3. The third-order valence-corrected chi connectivity index (χ3v) is 2.57. The minimum Gasteiger partial charge on any atom is -0.492 e. The smallest absolute Gasteiger partial charge is 0.223 e. The van der Waals surface area contributed by atoms with Crippen LogP contribution in [0.2, 0.25) is 0 Å². The van der Waals surface area contributed by atoms with Gasteiger partial charge in [0, 0.05) is 18.3 Å². The summed E-state index contributed by atoms with van der Waals surface area (Å²) in [6.45, 7) is 5.18. The maximum Gasteiger partial charge on any atom is 0.223 e. The average molecular weight is 276 g/mol. The Labute approximate surface area is 117 Å². The summed E-state index contributed by atoms with van der Waals surface area (Å²) in [4.78, 5) is 12.1. The molecule has 2 aromatic rings. The van der Waals surface area contributed by atoms with E-state index < -0.39 is 5.82 Å². The van der Waals surface area contributed by atoms with Gasteiger partial charge in [-0.3, -0.25) is 4.98 Å². The van der Waals surface area contributed by atoms with Crippen molar-refractivity contribution in [2.24, 2.45) is 0 Å². The van der Waals surface area contributed by atoms with Gasteiger partial charge >= 0.3 is 0 Å². The van der Waals surface area contributed by atoms with Crippen LogP contribution in [-0.2, 0) is 0 Å². The van der Waals surface area contributed by atoms with E-state index in [1.165, 1.54) is 0 Å². The van der Waals surface area contributed by atoms with Crippen molar-refractivity contribution in [1.29, 1.82) is 0 Å². The third-order valence-electron chi connectivity index (χ3n) is 2.57. The molecule has 20 heavy (non-hydrogen) atoms. The number of ether oxygens (including phenoxy) is 1. The number of nitrogens with one attached hydrogen (secondary N) is 1. The van der Waals surface area contributed by atoms with Crippen LogP contribution in [0, 0.1) is 5.82 Å². The van der Waals surface area contributed by atoms with E-state index in [1.807, 2.05) is 13.8 Å². The quantitative estimate of drug-likeness (QED) is 0.879. The van der Waals surface area contributed by atoms with E-state index >= 15 is 0 Å². The van der Waals surface area contributed by atoms with E-state index in [2.05, 4.69) is 20.3 Å². The predicted octanol–water partition coefficient (Wildman–Crippen LogP) is 2.90. The molecular formula is C14H17FN4O. The number of nitrogens with zero attached hydrogens (tertiary/aromatic N) is 3. The fraction of sp³-hybridized carbons (Fsp3) is 0.357. The minimum absolute atomic E-state index is 0.215. The van der Waals surface area contributed by atoms with Crippen molar-refractivity contribution in [3.63, 3.8) is 0 Å². The number of rotatable bonds is 6. The highest BCUT2D eigenvalue weighted by Gasteiger charge is 2.10. The summed E-state index contributed by atoms with van der Waals surface area (Å²) in [5.41, 5.74) is 0.781. The van der Waals surface area contributed by atoms with Crippen LogP contribution in [-0.4, -0.2) is 28.1 Å². The lowest BCUT2D eigenvalue weighted by atomic mass is 10.2.